The third-order valence-corrected chi connectivity index (χ3v) is 4.61. The Bertz CT molecular complexity index is 1030. The molecular weight excluding hydrogens is 386 g/mol. The number of aldehydes is 2. The van der Waals surface area contributed by atoms with E-state index in [2.05, 4.69) is 10.1 Å². The number of hydrogen-bond donors (Lipinski definition) is 0. The van der Waals surface area contributed by atoms with Crippen LogP contribution in [0, 0.1) is 0 Å². The molecule has 4 rings (SSSR count). The van der Waals surface area contributed by atoms with Gasteiger partial charge in [-0.2, -0.15) is 5.10 Å². The fourth-order valence-electron chi connectivity index (χ4n) is 2.40. The molecule has 2 aromatic carbocycles. The van der Waals surface area contributed by atoms with Crippen LogP contribution in [0.2, 0.25) is 0 Å². The first kappa shape index (κ1) is 20.2. The lowest BCUT2D eigenvalue weighted by atomic mass is 10.2. The van der Waals surface area contributed by atoms with Gasteiger partial charge in [-0.15, -0.1) is 11.3 Å². The van der Waals surface area contributed by atoms with E-state index >= 15 is 0 Å². The first-order valence-corrected chi connectivity index (χ1v) is 9.74. The summed E-state index contributed by atoms with van der Waals surface area (Å²) in [7, 11) is 0. The molecule has 7 heteroatoms. The topological polar surface area (TPSA) is 74.1 Å². The second kappa shape index (κ2) is 10.7. The van der Waals surface area contributed by atoms with Crippen LogP contribution in [0.25, 0.3) is 0 Å². The van der Waals surface area contributed by atoms with Crippen molar-refractivity contribution in [3.8, 4) is 5.75 Å². The van der Waals surface area contributed by atoms with Crippen LogP contribution >= 0.6 is 11.3 Å². The van der Waals surface area contributed by atoms with Crippen molar-refractivity contribution < 1.29 is 14.3 Å². The molecule has 0 saturated carbocycles. The summed E-state index contributed by atoms with van der Waals surface area (Å²) in [6.45, 7) is 1.11. The summed E-state index contributed by atoms with van der Waals surface area (Å²) in [6.07, 6.45) is 4.84. The molecule has 0 spiro atoms. The number of ether oxygens (including phenoxy) is 1. The lowest BCUT2D eigenvalue weighted by molar-refractivity contribution is 0.111. The van der Waals surface area contributed by atoms with Crippen molar-refractivity contribution in [3.05, 3.63) is 100 Å². The smallest absolute Gasteiger partial charge is 0.169 e. The first-order valence-electron chi connectivity index (χ1n) is 8.86. The zero-order valence-corrected chi connectivity index (χ0v) is 16.4. The van der Waals surface area contributed by atoms with E-state index in [0.29, 0.717) is 24.4 Å². The number of hydrogen-bond acceptors (Lipinski definition) is 6. The van der Waals surface area contributed by atoms with Crippen molar-refractivity contribution >= 4 is 23.9 Å². The van der Waals surface area contributed by atoms with Gasteiger partial charge >= 0.3 is 0 Å². The molecule has 0 radical (unpaired) electrons. The van der Waals surface area contributed by atoms with Gasteiger partial charge in [0.05, 0.1) is 18.3 Å². The third-order valence-electron chi connectivity index (χ3n) is 3.77. The highest BCUT2D eigenvalue weighted by Crippen LogP contribution is 2.14. The van der Waals surface area contributed by atoms with E-state index in [1.165, 1.54) is 16.9 Å². The highest BCUT2D eigenvalue weighted by atomic mass is 32.1. The van der Waals surface area contributed by atoms with Gasteiger partial charge in [0.15, 0.2) is 12.6 Å². The molecule has 0 aliphatic carbocycles. The lowest BCUT2D eigenvalue weighted by Gasteiger charge is -2.02. The molecule has 6 nitrogen and oxygen atoms in total. The van der Waals surface area contributed by atoms with Crippen molar-refractivity contribution in [2.45, 2.75) is 13.2 Å². The number of benzene rings is 2. The van der Waals surface area contributed by atoms with Crippen molar-refractivity contribution in [2.24, 2.45) is 0 Å². The van der Waals surface area contributed by atoms with Crippen LogP contribution in [0.1, 0.15) is 31.4 Å². The van der Waals surface area contributed by atoms with Gasteiger partial charge in [-0.05, 0) is 17.7 Å². The van der Waals surface area contributed by atoms with E-state index in [4.69, 9.17) is 4.74 Å². The Balaban J connectivity index is 0.000000166. The van der Waals surface area contributed by atoms with Gasteiger partial charge < -0.3 is 4.74 Å². The van der Waals surface area contributed by atoms with Crippen LogP contribution in [0.4, 0.5) is 0 Å². The van der Waals surface area contributed by atoms with Crippen LogP contribution in [0.3, 0.4) is 0 Å². The summed E-state index contributed by atoms with van der Waals surface area (Å²) >= 11 is 1.43. The monoisotopic (exact) mass is 405 g/mol. The Labute approximate surface area is 172 Å². The standard InChI is InChI=1S/C11H10N2O.C11H9NO2S/c14-9-11-6-12-13(8-11)7-10-4-2-1-3-5-10;13-6-9-8-15-11(12-9)7-14-10-4-2-1-3-5-10/h1-6,8-9H,7H2;1-6,8H,7H2. The van der Waals surface area contributed by atoms with E-state index in [0.717, 1.165) is 23.3 Å². The minimum absolute atomic E-state index is 0.405. The average molecular weight is 405 g/mol. The van der Waals surface area contributed by atoms with Crippen LogP contribution < -0.4 is 4.74 Å². The number of carbonyl (C=O) groups is 2. The maximum Gasteiger partial charge on any atom is 0.169 e. The molecule has 2 heterocycles. The molecule has 0 N–H and O–H groups in total. The molecule has 0 bridgehead atoms. The highest BCUT2D eigenvalue weighted by molar-refractivity contribution is 7.09. The molecule has 4 aromatic rings. The number of aromatic nitrogens is 3. The first-order chi connectivity index (χ1) is 14.3. The molecular formula is C22H19N3O3S. The molecule has 0 fully saturated rings. The normalized spacial score (nSPS) is 9.93. The summed E-state index contributed by atoms with van der Waals surface area (Å²) in [6, 6.07) is 19.5. The molecule has 0 aliphatic rings. The van der Waals surface area contributed by atoms with Crippen LogP contribution in [0.5, 0.6) is 5.75 Å². The van der Waals surface area contributed by atoms with E-state index in [9.17, 15) is 9.59 Å². The Morgan fingerprint density at radius 2 is 1.69 bits per heavy atom. The van der Waals surface area contributed by atoms with Crippen LogP contribution in [-0.4, -0.2) is 27.3 Å². The Hall–Kier alpha value is -3.58. The van der Waals surface area contributed by atoms with Gasteiger partial charge in [-0.25, -0.2) is 4.98 Å². The maximum atomic E-state index is 10.4. The quantitative estimate of drug-likeness (QED) is 0.429. The second-order valence-corrected chi connectivity index (χ2v) is 6.90. The second-order valence-electron chi connectivity index (χ2n) is 5.96. The van der Waals surface area contributed by atoms with Crippen molar-refractivity contribution in [2.75, 3.05) is 0 Å². The highest BCUT2D eigenvalue weighted by Gasteiger charge is 2.01. The minimum Gasteiger partial charge on any atom is -0.486 e. The summed E-state index contributed by atoms with van der Waals surface area (Å²) in [5, 5.41) is 6.59. The molecule has 0 atom stereocenters. The van der Waals surface area contributed by atoms with Gasteiger partial charge in [-0.3, -0.25) is 14.3 Å². The van der Waals surface area contributed by atoms with Crippen molar-refractivity contribution in [1.29, 1.82) is 0 Å². The summed E-state index contributed by atoms with van der Waals surface area (Å²) in [5.41, 5.74) is 2.25. The predicted molar refractivity (Wildman–Crippen MR) is 111 cm³/mol. The van der Waals surface area contributed by atoms with Gasteiger partial charge in [0.1, 0.15) is 23.1 Å². The Morgan fingerprint density at radius 3 is 2.31 bits per heavy atom. The lowest BCUT2D eigenvalue weighted by Crippen LogP contribution is -1.99. The van der Waals surface area contributed by atoms with E-state index in [-0.39, 0.29) is 0 Å². The van der Waals surface area contributed by atoms with Crippen LogP contribution in [0.15, 0.2) is 78.4 Å². The number of rotatable bonds is 7. The van der Waals surface area contributed by atoms with E-state index in [1.807, 2.05) is 60.7 Å². The van der Waals surface area contributed by atoms with Gasteiger partial charge in [0.25, 0.3) is 0 Å². The Morgan fingerprint density at radius 1 is 0.966 bits per heavy atom. The summed E-state index contributed by atoms with van der Waals surface area (Å²) in [5.74, 6) is 0.806. The molecule has 0 aliphatic heterocycles. The SMILES string of the molecule is O=Cc1cnn(Cc2ccccc2)c1.O=Cc1csc(COc2ccccc2)n1. The molecule has 2 aromatic heterocycles. The fourth-order valence-corrected chi connectivity index (χ4v) is 3.05. The molecule has 146 valence electrons. The summed E-state index contributed by atoms with van der Waals surface area (Å²) < 4.78 is 7.23. The largest absolute Gasteiger partial charge is 0.486 e. The number of nitrogens with zero attached hydrogens (tertiary/aromatic N) is 3. The van der Waals surface area contributed by atoms with Crippen molar-refractivity contribution in [3.63, 3.8) is 0 Å². The van der Waals surface area contributed by atoms with Gasteiger partial charge in [0.2, 0.25) is 0 Å². The summed E-state index contributed by atoms with van der Waals surface area (Å²) in [4.78, 5) is 24.9. The zero-order valence-electron chi connectivity index (χ0n) is 15.5. The van der Waals surface area contributed by atoms with Crippen LogP contribution in [-0.2, 0) is 13.2 Å². The number of carbonyl (C=O) groups excluding carboxylic acids is 2. The minimum atomic E-state index is 0.405. The molecule has 0 saturated heterocycles. The Kier molecular flexibility index (Phi) is 7.42. The molecule has 0 unspecified atom stereocenters. The maximum absolute atomic E-state index is 10.4. The van der Waals surface area contributed by atoms with E-state index in [1.54, 1.807) is 22.5 Å². The number of thiazole rings is 1. The van der Waals surface area contributed by atoms with E-state index < -0.39 is 0 Å². The van der Waals surface area contributed by atoms with Gasteiger partial charge in [0, 0.05) is 11.6 Å². The van der Waals surface area contributed by atoms with Gasteiger partial charge in [-0.1, -0.05) is 48.5 Å². The fraction of sp³-hybridized carbons (Fsp3) is 0.0909. The average Bonchev–Trinajstić information content (AvgIpc) is 3.43. The molecule has 29 heavy (non-hydrogen) atoms. The third kappa shape index (κ3) is 6.51. The predicted octanol–water partition coefficient (Wildman–Crippen LogP) is 4.28. The molecule has 0 amide bonds. The van der Waals surface area contributed by atoms with Crippen molar-refractivity contribution in [1.82, 2.24) is 14.8 Å². The number of para-hydroxylation sites is 1. The zero-order chi connectivity index (χ0) is 20.3.